The lowest BCUT2D eigenvalue weighted by Gasteiger charge is -2.26. The first-order valence-electron chi connectivity index (χ1n) is 7.02. The topological polar surface area (TPSA) is 52.5 Å². The number of benzene rings is 1. The summed E-state index contributed by atoms with van der Waals surface area (Å²) in [6.07, 6.45) is 2.25. The summed E-state index contributed by atoms with van der Waals surface area (Å²) >= 11 is 1.82. The van der Waals surface area contributed by atoms with Gasteiger partial charge in [0, 0.05) is 23.9 Å². The summed E-state index contributed by atoms with van der Waals surface area (Å²) in [5.41, 5.74) is 3.93. The molecule has 1 aliphatic heterocycles. The van der Waals surface area contributed by atoms with E-state index in [9.17, 15) is 10.2 Å². The number of aryl methyl sites for hydroxylation is 1. The van der Waals surface area contributed by atoms with Crippen molar-refractivity contribution >= 4 is 11.3 Å². The molecule has 0 saturated carbocycles. The summed E-state index contributed by atoms with van der Waals surface area (Å²) in [6.45, 7) is 4.02. The number of phenolic OH excluding ortho intramolecular Hbond substituents is 2. The Morgan fingerprint density at radius 1 is 1.30 bits per heavy atom. The van der Waals surface area contributed by atoms with E-state index in [1.165, 1.54) is 16.0 Å². The first-order chi connectivity index (χ1) is 9.70. The second-order valence-electron chi connectivity index (χ2n) is 5.28. The summed E-state index contributed by atoms with van der Waals surface area (Å²) in [7, 11) is 0. The van der Waals surface area contributed by atoms with E-state index < -0.39 is 0 Å². The van der Waals surface area contributed by atoms with Crippen molar-refractivity contribution in [1.29, 1.82) is 0 Å². The Morgan fingerprint density at radius 2 is 2.15 bits per heavy atom. The van der Waals surface area contributed by atoms with Gasteiger partial charge in [-0.25, -0.2) is 0 Å². The molecule has 0 bridgehead atoms. The van der Waals surface area contributed by atoms with E-state index >= 15 is 0 Å². The van der Waals surface area contributed by atoms with Crippen molar-refractivity contribution in [2.75, 3.05) is 6.54 Å². The Balaban J connectivity index is 2.04. The number of hydrogen-bond donors (Lipinski definition) is 3. The highest BCUT2D eigenvalue weighted by Crippen LogP contribution is 2.39. The van der Waals surface area contributed by atoms with Crippen molar-refractivity contribution in [1.82, 2.24) is 5.32 Å². The van der Waals surface area contributed by atoms with Crippen LogP contribution in [0.1, 0.15) is 40.8 Å². The zero-order valence-corrected chi connectivity index (χ0v) is 12.3. The standard InChI is InChI=1S/C16H19NO2S/c1-2-3-11-9-20-15-8-17-7-12(16(11)15)10-4-5-13(18)14(19)6-10/h4-6,9,12,17-19H,2-3,7-8H2,1H3. The predicted octanol–water partition coefficient (Wildman–Crippen LogP) is 3.35. The molecule has 1 aromatic carbocycles. The molecule has 0 fully saturated rings. The number of fused-ring (bicyclic) bond motifs is 1. The van der Waals surface area contributed by atoms with E-state index in [1.807, 2.05) is 17.4 Å². The number of hydrogen-bond acceptors (Lipinski definition) is 4. The molecule has 1 aromatic heterocycles. The monoisotopic (exact) mass is 289 g/mol. The Labute approximate surface area is 122 Å². The Morgan fingerprint density at radius 3 is 2.90 bits per heavy atom. The summed E-state index contributed by atoms with van der Waals surface area (Å²) in [5.74, 6) is 0.164. The normalized spacial score (nSPS) is 17.9. The van der Waals surface area contributed by atoms with Crippen LogP contribution in [0, 0.1) is 0 Å². The number of thiophene rings is 1. The first kappa shape index (κ1) is 13.5. The van der Waals surface area contributed by atoms with Gasteiger partial charge in [-0.2, -0.15) is 0 Å². The third kappa shape index (κ3) is 2.30. The van der Waals surface area contributed by atoms with Crippen molar-refractivity contribution in [3.8, 4) is 11.5 Å². The van der Waals surface area contributed by atoms with Crippen molar-refractivity contribution < 1.29 is 10.2 Å². The lowest BCUT2D eigenvalue weighted by molar-refractivity contribution is 0.402. The van der Waals surface area contributed by atoms with Crippen LogP contribution in [0.15, 0.2) is 23.6 Å². The average molecular weight is 289 g/mol. The zero-order valence-electron chi connectivity index (χ0n) is 11.5. The van der Waals surface area contributed by atoms with Gasteiger partial charge < -0.3 is 15.5 Å². The second kappa shape index (κ2) is 5.46. The van der Waals surface area contributed by atoms with Gasteiger partial charge in [0.15, 0.2) is 11.5 Å². The van der Waals surface area contributed by atoms with E-state index in [-0.39, 0.29) is 17.4 Å². The molecule has 2 heterocycles. The van der Waals surface area contributed by atoms with Gasteiger partial charge in [-0.1, -0.05) is 19.4 Å². The van der Waals surface area contributed by atoms with E-state index in [2.05, 4.69) is 17.6 Å². The van der Waals surface area contributed by atoms with Crippen LogP contribution >= 0.6 is 11.3 Å². The Bertz CT molecular complexity index is 621. The smallest absolute Gasteiger partial charge is 0.157 e. The number of aromatic hydroxyl groups is 2. The molecule has 3 N–H and O–H groups in total. The molecule has 2 aromatic rings. The van der Waals surface area contributed by atoms with Gasteiger partial charge in [0.1, 0.15) is 0 Å². The van der Waals surface area contributed by atoms with Crippen LogP contribution < -0.4 is 5.32 Å². The van der Waals surface area contributed by atoms with Crippen LogP contribution in [-0.2, 0) is 13.0 Å². The van der Waals surface area contributed by atoms with Crippen LogP contribution in [0.5, 0.6) is 11.5 Å². The molecule has 3 rings (SSSR count). The molecule has 3 nitrogen and oxygen atoms in total. The van der Waals surface area contributed by atoms with Gasteiger partial charge in [-0.15, -0.1) is 11.3 Å². The molecule has 4 heteroatoms. The molecule has 0 radical (unpaired) electrons. The fourth-order valence-corrected chi connectivity index (χ4v) is 4.06. The first-order valence-corrected chi connectivity index (χ1v) is 7.90. The van der Waals surface area contributed by atoms with Gasteiger partial charge in [0.25, 0.3) is 0 Å². The molecule has 1 atom stereocenters. The molecular formula is C16H19NO2S. The van der Waals surface area contributed by atoms with Crippen molar-refractivity contribution in [2.24, 2.45) is 0 Å². The number of rotatable bonds is 3. The average Bonchev–Trinajstić information content (AvgIpc) is 2.86. The van der Waals surface area contributed by atoms with Gasteiger partial charge >= 0.3 is 0 Å². The van der Waals surface area contributed by atoms with Crippen molar-refractivity contribution in [2.45, 2.75) is 32.2 Å². The minimum absolute atomic E-state index is 0.0399. The molecule has 0 amide bonds. The van der Waals surface area contributed by atoms with E-state index in [1.54, 1.807) is 12.1 Å². The summed E-state index contributed by atoms with van der Waals surface area (Å²) in [5, 5.41) is 24.9. The minimum Gasteiger partial charge on any atom is -0.504 e. The van der Waals surface area contributed by atoms with E-state index in [4.69, 9.17) is 0 Å². The zero-order chi connectivity index (χ0) is 14.1. The third-order valence-electron chi connectivity index (χ3n) is 3.89. The van der Waals surface area contributed by atoms with Crippen LogP contribution in [0.25, 0.3) is 0 Å². The predicted molar refractivity (Wildman–Crippen MR) is 81.6 cm³/mol. The van der Waals surface area contributed by atoms with Crippen LogP contribution in [0.3, 0.4) is 0 Å². The van der Waals surface area contributed by atoms with Crippen molar-refractivity contribution in [3.63, 3.8) is 0 Å². The molecule has 0 spiro atoms. The van der Waals surface area contributed by atoms with Gasteiger partial charge in [-0.05, 0) is 40.6 Å². The van der Waals surface area contributed by atoms with Gasteiger partial charge in [0.05, 0.1) is 0 Å². The van der Waals surface area contributed by atoms with Crippen LogP contribution in [-0.4, -0.2) is 16.8 Å². The maximum absolute atomic E-state index is 9.73. The van der Waals surface area contributed by atoms with E-state index in [0.29, 0.717) is 0 Å². The highest BCUT2D eigenvalue weighted by atomic mass is 32.1. The van der Waals surface area contributed by atoms with Crippen molar-refractivity contribution in [3.05, 3.63) is 45.1 Å². The summed E-state index contributed by atoms with van der Waals surface area (Å²) in [6, 6.07) is 5.17. The maximum Gasteiger partial charge on any atom is 0.157 e. The molecule has 20 heavy (non-hydrogen) atoms. The largest absolute Gasteiger partial charge is 0.504 e. The van der Waals surface area contributed by atoms with Crippen LogP contribution in [0.2, 0.25) is 0 Å². The molecular weight excluding hydrogens is 270 g/mol. The second-order valence-corrected chi connectivity index (χ2v) is 6.24. The molecule has 106 valence electrons. The summed E-state index contributed by atoms with van der Waals surface area (Å²) < 4.78 is 0. The summed E-state index contributed by atoms with van der Waals surface area (Å²) in [4.78, 5) is 1.40. The number of nitrogens with one attached hydrogen (secondary N) is 1. The molecule has 0 aliphatic carbocycles. The Hall–Kier alpha value is -1.52. The Kier molecular flexibility index (Phi) is 3.68. The lowest BCUT2D eigenvalue weighted by Crippen LogP contribution is -2.28. The van der Waals surface area contributed by atoms with Gasteiger partial charge in [0.2, 0.25) is 0 Å². The SMILES string of the molecule is CCCc1csc2c1C(c1ccc(O)c(O)c1)CNC2. The molecule has 1 unspecified atom stereocenters. The number of phenols is 2. The molecule has 1 aliphatic rings. The third-order valence-corrected chi connectivity index (χ3v) is 4.94. The fraction of sp³-hybridized carbons (Fsp3) is 0.375. The van der Waals surface area contributed by atoms with E-state index in [0.717, 1.165) is 31.5 Å². The quantitative estimate of drug-likeness (QED) is 0.760. The highest BCUT2D eigenvalue weighted by Gasteiger charge is 2.26. The minimum atomic E-state index is -0.0585. The highest BCUT2D eigenvalue weighted by molar-refractivity contribution is 7.10. The van der Waals surface area contributed by atoms with Gasteiger partial charge in [-0.3, -0.25) is 0 Å². The lowest BCUT2D eigenvalue weighted by atomic mass is 9.85. The van der Waals surface area contributed by atoms with Crippen LogP contribution in [0.4, 0.5) is 0 Å². The fourth-order valence-electron chi connectivity index (χ4n) is 2.94. The molecule has 0 saturated heterocycles. The maximum atomic E-state index is 9.73.